The zero-order valence-electron chi connectivity index (χ0n) is 15.0. The minimum atomic E-state index is -0.491. The number of hydrogen-bond donors (Lipinski definition) is 1. The quantitative estimate of drug-likeness (QED) is 0.864. The van der Waals surface area contributed by atoms with Gasteiger partial charge in [0.25, 0.3) is 0 Å². The molecule has 2 aliphatic heterocycles. The molecule has 7 nitrogen and oxygen atoms in total. The van der Waals surface area contributed by atoms with E-state index < -0.39 is 5.60 Å². The molecule has 1 aromatic heterocycles. The molecule has 1 atom stereocenters. The molecule has 1 N–H and O–H groups in total. The molecule has 1 aromatic rings. The average molecular weight is 369 g/mol. The molecule has 3 rings (SSSR count). The Balaban J connectivity index is 1.68. The molecule has 2 aliphatic rings. The van der Waals surface area contributed by atoms with Gasteiger partial charge in [0.2, 0.25) is 0 Å². The molecule has 0 spiro atoms. The molecular formula is C17H25ClN4O3. The van der Waals surface area contributed by atoms with Crippen LogP contribution in [-0.4, -0.2) is 52.5 Å². The highest BCUT2D eigenvalue weighted by molar-refractivity contribution is 6.30. The van der Waals surface area contributed by atoms with Crippen LogP contribution in [0.4, 0.5) is 10.6 Å². The molecule has 0 unspecified atom stereocenters. The van der Waals surface area contributed by atoms with Crippen LogP contribution in [0.5, 0.6) is 0 Å². The van der Waals surface area contributed by atoms with Gasteiger partial charge in [0, 0.05) is 30.3 Å². The summed E-state index contributed by atoms with van der Waals surface area (Å²) in [4.78, 5) is 14.0. The number of nitrogens with one attached hydrogen (secondary N) is 1. The highest BCUT2D eigenvalue weighted by Crippen LogP contribution is 2.28. The number of likely N-dealkylation sites (tertiary alicyclic amines) is 1. The van der Waals surface area contributed by atoms with Crippen LogP contribution < -0.4 is 5.32 Å². The Hall–Kier alpha value is -1.60. The fraction of sp³-hybridized carbons (Fsp3) is 0.706. The Kier molecular flexibility index (Phi) is 5.34. The van der Waals surface area contributed by atoms with Crippen molar-refractivity contribution in [3.8, 4) is 0 Å². The SMILES string of the molecule is CC(C)(C)OC(=O)N1CCC[C@@H](Nc2nnc(Cl)c3c2COCC3)C1. The van der Waals surface area contributed by atoms with Crippen molar-refractivity contribution in [3.05, 3.63) is 16.3 Å². The summed E-state index contributed by atoms with van der Waals surface area (Å²) in [5.41, 5.74) is 1.49. The van der Waals surface area contributed by atoms with Crippen LogP contribution in [0.25, 0.3) is 0 Å². The summed E-state index contributed by atoms with van der Waals surface area (Å²) in [5, 5.41) is 12.1. The number of carbonyl (C=O) groups excluding carboxylic acids is 1. The number of rotatable bonds is 2. The first-order valence-electron chi connectivity index (χ1n) is 8.69. The van der Waals surface area contributed by atoms with Crippen molar-refractivity contribution in [2.45, 2.75) is 58.3 Å². The molecule has 0 aromatic carbocycles. The fourth-order valence-corrected chi connectivity index (χ4v) is 3.38. The Morgan fingerprint density at radius 3 is 2.92 bits per heavy atom. The summed E-state index contributed by atoms with van der Waals surface area (Å²) >= 11 is 6.16. The normalized spacial score (nSPS) is 20.8. The number of ether oxygens (including phenoxy) is 2. The Morgan fingerprint density at radius 1 is 1.36 bits per heavy atom. The van der Waals surface area contributed by atoms with Gasteiger partial charge in [-0.05, 0) is 40.0 Å². The minimum absolute atomic E-state index is 0.0998. The Labute approximate surface area is 153 Å². The lowest BCUT2D eigenvalue weighted by Crippen LogP contribution is -2.47. The largest absolute Gasteiger partial charge is 0.444 e. The smallest absolute Gasteiger partial charge is 0.410 e. The zero-order valence-corrected chi connectivity index (χ0v) is 15.7. The molecule has 8 heteroatoms. The van der Waals surface area contributed by atoms with Gasteiger partial charge in [-0.15, -0.1) is 10.2 Å². The van der Waals surface area contributed by atoms with E-state index in [1.165, 1.54) is 0 Å². The van der Waals surface area contributed by atoms with Crippen molar-refractivity contribution in [1.29, 1.82) is 0 Å². The summed E-state index contributed by atoms with van der Waals surface area (Å²) in [6.45, 7) is 8.04. The third kappa shape index (κ3) is 4.52. The second kappa shape index (κ2) is 7.33. The van der Waals surface area contributed by atoms with Crippen LogP contribution in [0, 0.1) is 0 Å². The van der Waals surface area contributed by atoms with Crippen molar-refractivity contribution in [1.82, 2.24) is 15.1 Å². The van der Waals surface area contributed by atoms with E-state index in [0.29, 0.717) is 37.3 Å². The van der Waals surface area contributed by atoms with Crippen LogP contribution in [0.2, 0.25) is 5.15 Å². The van der Waals surface area contributed by atoms with E-state index in [2.05, 4.69) is 15.5 Å². The van der Waals surface area contributed by atoms with E-state index in [9.17, 15) is 4.79 Å². The van der Waals surface area contributed by atoms with Gasteiger partial charge < -0.3 is 19.7 Å². The molecule has 1 saturated heterocycles. The zero-order chi connectivity index (χ0) is 18.0. The summed E-state index contributed by atoms with van der Waals surface area (Å²) in [6, 6.07) is 0.0998. The number of piperidine rings is 1. The van der Waals surface area contributed by atoms with Gasteiger partial charge in [-0.1, -0.05) is 11.6 Å². The first-order valence-corrected chi connectivity index (χ1v) is 9.07. The molecule has 0 bridgehead atoms. The number of amides is 1. The lowest BCUT2D eigenvalue weighted by molar-refractivity contribution is 0.0206. The topological polar surface area (TPSA) is 76.6 Å². The highest BCUT2D eigenvalue weighted by Gasteiger charge is 2.29. The van der Waals surface area contributed by atoms with Gasteiger partial charge in [-0.25, -0.2) is 4.79 Å². The van der Waals surface area contributed by atoms with Gasteiger partial charge in [-0.3, -0.25) is 0 Å². The van der Waals surface area contributed by atoms with Crippen LogP contribution in [0.1, 0.15) is 44.7 Å². The first kappa shape index (κ1) is 18.2. The van der Waals surface area contributed by atoms with Gasteiger partial charge in [0.05, 0.1) is 13.2 Å². The highest BCUT2D eigenvalue weighted by atomic mass is 35.5. The summed E-state index contributed by atoms with van der Waals surface area (Å²) in [5.74, 6) is 0.704. The van der Waals surface area contributed by atoms with Gasteiger partial charge in [0.15, 0.2) is 11.0 Å². The van der Waals surface area contributed by atoms with Gasteiger partial charge in [-0.2, -0.15) is 0 Å². The Bertz CT molecular complexity index is 648. The predicted octanol–water partition coefficient (Wildman–Crippen LogP) is 3.01. The van der Waals surface area contributed by atoms with E-state index in [0.717, 1.165) is 30.4 Å². The summed E-state index contributed by atoms with van der Waals surface area (Å²) in [7, 11) is 0. The molecular weight excluding hydrogens is 344 g/mol. The standard InChI is InChI=1S/C17H25ClN4O3/c1-17(2,3)25-16(23)22-7-4-5-11(9-22)19-15-13-10-24-8-6-12(13)14(18)20-21-15/h11H,4-10H2,1-3H3,(H,19,21)/t11-/m1/s1. The molecule has 1 fully saturated rings. The van der Waals surface area contributed by atoms with Gasteiger partial charge >= 0.3 is 6.09 Å². The van der Waals surface area contributed by atoms with Crippen molar-refractivity contribution < 1.29 is 14.3 Å². The molecule has 0 aliphatic carbocycles. The third-order valence-electron chi connectivity index (χ3n) is 4.29. The third-order valence-corrected chi connectivity index (χ3v) is 4.60. The second-order valence-electron chi connectivity index (χ2n) is 7.51. The average Bonchev–Trinajstić information content (AvgIpc) is 2.56. The maximum atomic E-state index is 12.3. The number of anilines is 1. The fourth-order valence-electron chi connectivity index (χ4n) is 3.14. The number of halogens is 1. The van der Waals surface area contributed by atoms with Gasteiger partial charge in [0.1, 0.15) is 5.60 Å². The molecule has 25 heavy (non-hydrogen) atoms. The summed E-state index contributed by atoms with van der Waals surface area (Å²) in [6.07, 6.45) is 2.34. The monoisotopic (exact) mass is 368 g/mol. The summed E-state index contributed by atoms with van der Waals surface area (Å²) < 4.78 is 11.0. The second-order valence-corrected chi connectivity index (χ2v) is 7.87. The van der Waals surface area contributed by atoms with Crippen molar-refractivity contribution in [3.63, 3.8) is 0 Å². The number of carbonyl (C=O) groups is 1. The molecule has 138 valence electrons. The predicted molar refractivity (Wildman–Crippen MR) is 94.9 cm³/mol. The number of fused-ring (bicyclic) bond motifs is 1. The van der Waals surface area contributed by atoms with E-state index in [4.69, 9.17) is 21.1 Å². The van der Waals surface area contributed by atoms with Crippen molar-refractivity contribution in [2.24, 2.45) is 0 Å². The van der Waals surface area contributed by atoms with E-state index in [-0.39, 0.29) is 12.1 Å². The Morgan fingerprint density at radius 2 is 2.16 bits per heavy atom. The van der Waals surface area contributed by atoms with E-state index in [1.54, 1.807) is 4.90 Å². The number of hydrogen-bond acceptors (Lipinski definition) is 6. The molecule has 3 heterocycles. The maximum absolute atomic E-state index is 12.3. The maximum Gasteiger partial charge on any atom is 0.410 e. The van der Waals surface area contributed by atoms with Crippen LogP contribution in [0.3, 0.4) is 0 Å². The molecule has 0 saturated carbocycles. The first-order chi connectivity index (χ1) is 11.8. The van der Waals surface area contributed by atoms with Crippen LogP contribution in [0.15, 0.2) is 0 Å². The van der Waals surface area contributed by atoms with E-state index in [1.807, 2.05) is 20.8 Å². The number of nitrogens with zero attached hydrogens (tertiary/aromatic N) is 3. The lowest BCUT2D eigenvalue weighted by atomic mass is 10.0. The van der Waals surface area contributed by atoms with Crippen molar-refractivity contribution in [2.75, 3.05) is 25.0 Å². The van der Waals surface area contributed by atoms with Crippen molar-refractivity contribution >= 4 is 23.5 Å². The van der Waals surface area contributed by atoms with Crippen LogP contribution >= 0.6 is 11.6 Å². The molecule has 1 amide bonds. The molecule has 0 radical (unpaired) electrons. The van der Waals surface area contributed by atoms with Crippen LogP contribution in [-0.2, 0) is 22.5 Å². The number of aromatic nitrogens is 2. The lowest BCUT2D eigenvalue weighted by Gasteiger charge is -2.35. The minimum Gasteiger partial charge on any atom is -0.444 e. The van der Waals surface area contributed by atoms with E-state index >= 15 is 0 Å².